The molecule has 0 radical (unpaired) electrons. The van der Waals surface area contributed by atoms with Crippen molar-refractivity contribution in [3.63, 3.8) is 0 Å². The lowest BCUT2D eigenvalue weighted by atomic mass is 9.89. The smallest absolute Gasteiger partial charge is 0.408 e. The molecule has 1 aromatic rings. The lowest BCUT2D eigenvalue weighted by Gasteiger charge is -2.23. The number of rotatable bonds is 9. The zero-order valence-corrected chi connectivity index (χ0v) is 16.5. The fourth-order valence-electron chi connectivity index (χ4n) is 3.42. The van der Waals surface area contributed by atoms with Crippen molar-refractivity contribution in [3.05, 3.63) is 29.8 Å². The lowest BCUT2D eigenvalue weighted by Crippen LogP contribution is -2.48. The van der Waals surface area contributed by atoms with Gasteiger partial charge in [-0.1, -0.05) is 12.1 Å². The van der Waals surface area contributed by atoms with Crippen LogP contribution in [0.3, 0.4) is 0 Å². The van der Waals surface area contributed by atoms with E-state index in [-0.39, 0.29) is 6.29 Å². The summed E-state index contributed by atoms with van der Waals surface area (Å²) in [6.45, 7) is 12.1. The molecule has 0 bridgehead atoms. The van der Waals surface area contributed by atoms with Gasteiger partial charge in [0.05, 0.1) is 18.6 Å². The summed E-state index contributed by atoms with van der Waals surface area (Å²) in [4.78, 5) is 12.1. The number of fused-ring (bicyclic) bond motifs is 1. The Labute approximate surface area is 156 Å². The molecule has 1 amide bonds. The number of carbonyl (C=O) groups is 1. The third-order valence-corrected chi connectivity index (χ3v) is 4.78. The van der Waals surface area contributed by atoms with Crippen molar-refractivity contribution in [1.29, 1.82) is 0 Å². The molecule has 0 aromatic heterocycles. The van der Waals surface area contributed by atoms with Gasteiger partial charge in [0.25, 0.3) is 0 Å². The van der Waals surface area contributed by atoms with E-state index in [1.807, 2.05) is 45.9 Å². The topological polar surface area (TPSA) is 59.8 Å². The van der Waals surface area contributed by atoms with Crippen LogP contribution in [0.5, 0.6) is 0 Å². The van der Waals surface area contributed by atoms with Gasteiger partial charge < -0.3 is 19.5 Å². The van der Waals surface area contributed by atoms with Crippen LogP contribution >= 0.6 is 0 Å². The third-order valence-electron chi connectivity index (χ3n) is 4.78. The summed E-state index contributed by atoms with van der Waals surface area (Å²) in [5.41, 5.74) is 2.61. The van der Waals surface area contributed by atoms with Gasteiger partial charge in [-0.25, -0.2) is 4.79 Å². The monoisotopic (exact) mass is 363 g/mol. The van der Waals surface area contributed by atoms with Gasteiger partial charge in [-0.15, -0.1) is 0 Å². The van der Waals surface area contributed by atoms with Crippen LogP contribution < -0.4 is 5.32 Å². The molecule has 1 aliphatic rings. The van der Waals surface area contributed by atoms with Gasteiger partial charge in [0.2, 0.25) is 5.69 Å². The van der Waals surface area contributed by atoms with Crippen molar-refractivity contribution in [2.45, 2.75) is 52.9 Å². The molecule has 0 fully saturated rings. The Kier molecular flexibility index (Phi) is 7.17. The second-order valence-electron chi connectivity index (χ2n) is 6.35. The van der Waals surface area contributed by atoms with E-state index in [1.54, 1.807) is 6.92 Å². The average molecular weight is 363 g/mol. The standard InChI is InChI=1S/C20H30N2O4/c1-6-24-18(25-7-2)13-14-22-15(4)20(5,21-19(23)26-8-3)16-11-9-10-12-17(16)22/h9-12,18H,6-8,13-14H2,1-5H3/p+1. The number of para-hydroxylation sites is 1. The number of amides is 1. The number of nitrogens with one attached hydrogen (secondary N) is 1. The Morgan fingerprint density at radius 3 is 2.42 bits per heavy atom. The highest BCUT2D eigenvalue weighted by molar-refractivity contribution is 5.95. The van der Waals surface area contributed by atoms with Crippen molar-refractivity contribution in [1.82, 2.24) is 5.32 Å². The molecule has 6 heteroatoms. The predicted octanol–water partition coefficient (Wildman–Crippen LogP) is 3.56. The first kappa shape index (κ1) is 20.4. The number of benzene rings is 1. The van der Waals surface area contributed by atoms with Crippen LogP contribution in [0.1, 0.15) is 46.6 Å². The Hall–Kier alpha value is -1.92. The van der Waals surface area contributed by atoms with Crippen LogP contribution in [0.15, 0.2) is 24.3 Å². The molecule has 0 saturated carbocycles. The van der Waals surface area contributed by atoms with E-state index >= 15 is 0 Å². The van der Waals surface area contributed by atoms with Gasteiger partial charge in [0.15, 0.2) is 24.1 Å². The normalized spacial score (nSPS) is 19.0. The fourth-order valence-corrected chi connectivity index (χ4v) is 3.42. The Morgan fingerprint density at radius 2 is 1.81 bits per heavy atom. The summed E-state index contributed by atoms with van der Waals surface area (Å²) >= 11 is 0. The van der Waals surface area contributed by atoms with Gasteiger partial charge in [-0.3, -0.25) is 0 Å². The molecule has 1 heterocycles. The van der Waals surface area contributed by atoms with Crippen LogP contribution in [0, 0.1) is 0 Å². The first-order chi connectivity index (χ1) is 12.5. The highest BCUT2D eigenvalue weighted by atomic mass is 16.7. The van der Waals surface area contributed by atoms with Crippen LogP contribution in [-0.4, -0.2) is 49.0 Å². The van der Waals surface area contributed by atoms with Gasteiger partial charge >= 0.3 is 6.09 Å². The maximum absolute atomic E-state index is 12.1. The van der Waals surface area contributed by atoms with E-state index < -0.39 is 11.6 Å². The molecule has 1 N–H and O–H groups in total. The largest absolute Gasteiger partial charge is 0.450 e. The SMILES string of the molecule is CCOC(=O)NC1(C)C(C)=[N+](CCC(OCC)OCC)c2ccccc21. The molecule has 0 aliphatic carbocycles. The average Bonchev–Trinajstić information content (AvgIpc) is 2.82. The van der Waals surface area contributed by atoms with Crippen LogP contribution in [-0.2, 0) is 19.7 Å². The number of nitrogens with zero attached hydrogens (tertiary/aromatic N) is 1. The summed E-state index contributed by atoms with van der Waals surface area (Å²) in [5, 5.41) is 3.03. The molecule has 0 spiro atoms. The molecular formula is C20H31N2O4+. The second kappa shape index (κ2) is 9.14. The number of carbonyl (C=O) groups excluding carboxylic acids is 1. The molecule has 1 atom stereocenters. The van der Waals surface area contributed by atoms with Crippen LogP contribution in [0.25, 0.3) is 0 Å². The molecule has 1 aromatic carbocycles. The number of ether oxygens (including phenoxy) is 3. The molecule has 2 rings (SSSR count). The molecule has 0 saturated heterocycles. The van der Waals surface area contributed by atoms with Crippen molar-refractivity contribution in [3.8, 4) is 0 Å². The highest BCUT2D eigenvalue weighted by Gasteiger charge is 2.47. The van der Waals surface area contributed by atoms with Crippen molar-refractivity contribution in [2.75, 3.05) is 26.4 Å². The van der Waals surface area contributed by atoms with Crippen molar-refractivity contribution in [2.24, 2.45) is 0 Å². The summed E-state index contributed by atoms with van der Waals surface area (Å²) in [7, 11) is 0. The highest BCUT2D eigenvalue weighted by Crippen LogP contribution is 2.38. The predicted molar refractivity (Wildman–Crippen MR) is 101 cm³/mol. The van der Waals surface area contributed by atoms with E-state index in [0.717, 1.165) is 29.9 Å². The molecule has 144 valence electrons. The minimum Gasteiger partial charge on any atom is -0.450 e. The van der Waals surface area contributed by atoms with Crippen molar-refractivity contribution >= 4 is 17.5 Å². The Morgan fingerprint density at radius 1 is 1.15 bits per heavy atom. The van der Waals surface area contributed by atoms with E-state index in [0.29, 0.717) is 19.8 Å². The molecular weight excluding hydrogens is 332 g/mol. The maximum atomic E-state index is 12.1. The summed E-state index contributed by atoms with van der Waals surface area (Å²) in [5.74, 6) is 0. The lowest BCUT2D eigenvalue weighted by molar-refractivity contribution is -0.444. The number of hydrogen-bond donors (Lipinski definition) is 1. The second-order valence-corrected chi connectivity index (χ2v) is 6.35. The Balaban J connectivity index is 2.27. The summed E-state index contributed by atoms with van der Waals surface area (Å²) in [6, 6.07) is 8.13. The summed E-state index contributed by atoms with van der Waals surface area (Å²) < 4.78 is 18.7. The van der Waals surface area contributed by atoms with Gasteiger partial charge in [0.1, 0.15) is 0 Å². The Bertz CT molecular complexity index is 653. The van der Waals surface area contributed by atoms with Gasteiger partial charge in [-0.2, -0.15) is 4.58 Å². The minimum absolute atomic E-state index is 0.227. The number of alkyl carbamates (subject to hydrolysis) is 1. The van der Waals surface area contributed by atoms with E-state index in [1.165, 1.54) is 0 Å². The van der Waals surface area contributed by atoms with E-state index in [9.17, 15) is 4.79 Å². The minimum atomic E-state index is -0.602. The zero-order chi connectivity index (χ0) is 19.2. The first-order valence-corrected chi connectivity index (χ1v) is 9.37. The molecule has 1 aliphatic heterocycles. The van der Waals surface area contributed by atoms with E-state index in [2.05, 4.69) is 16.0 Å². The molecule has 1 unspecified atom stereocenters. The van der Waals surface area contributed by atoms with Crippen LogP contribution in [0.4, 0.5) is 10.5 Å². The van der Waals surface area contributed by atoms with Crippen LogP contribution in [0.2, 0.25) is 0 Å². The van der Waals surface area contributed by atoms with Crippen molar-refractivity contribution < 1.29 is 23.6 Å². The summed E-state index contributed by atoms with van der Waals surface area (Å²) in [6.07, 6.45) is 0.102. The molecule has 26 heavy (non-hydrogen) atoms. The quantitative estimate of drug-likeness (QED) is 0.538. The fraction of sp³-hybridized carbons (Fsp3) is 0.600. The first-order valence-electron chi connectivity index (χ1n) is 9.37. The van der Waals surface area contributed by atoms with Gasteiger partial charge in [0, 0.05) is 26.2 Å². The maximum Gasteiger partial charge on any atom is 0.408 e. The van der Waals surface area contributed by atoms with Gasteiger partial charge in [-0.05, 0) is 33.8 Å². The van der Waals surface area contributed by atoms with E-state index in [4.69, 9.17) is 14.2 Å². The number of hydrogen-bond acceptors (Lipinski definition) is 4. The molecule has 6 nitrogen and oxygen atoms in total. The zero-order valence-electron chi connectivity index (χ0n) is 16.5. The third kappa shape index (κ3) is 4.24.